The molecule has 2 aromatic heterocycles. The number of fused-ring (bicyclic) bond motifs is 1. The number of carbonyl (C=O) groups is 1. The molecule has 0 atom stereocenters. The van der Waals surface area contributed by atoms with Crippen molar-refractivity contribution in [1.82, 2.24) is 8.96 Å². The Bertz CT molecular complexity index is 1340. The number of hydrogen-bond donors (Lipinski definition) is 0. The first-order valence-corrected chi connectivity index (χ1v) is 10.9. The lowest BCUT2D eigenvalue weighted by Crippen LogP contribution is -2.12. The summed E-state index contributed by atoms with van der Waals surface area (Å²) in [5.41, 5.74) is 2.52. The molecule has 0 unspecified atom stereocenters. The molecule has 0 aliphatic carbocycles. The summed E-state index contributed by atoms with van der Waals surface area (Å²) < 4.78 is 37.7. The van der Waals surface area contributed by atoms with Crippen molar-refractivity contribution in [2.24, 2.45) is 0 Å². The van der Waals surface area contributed by atoms with E-state index in [2.05, 4.69) is 4.98 Å². The third-order valence-electron chi connectivity index (χ3n) is 5.00. The van der Waals surface area contributed by atoms with Crippen LogP contribution in [0.5, 0.6) is 5.75 Å². The Hall–Kier alpha value is -3.65. The van der Waals surface area contributed by atoms with Gasteiger partial charge in [-0.2, -0.15) is 0 Å². The average Bonchev–Trinajstić information content (AvgIpc) is 3.19. The van der Waals surface area contributed by atoms with Crippen LogP contribution in [0.25, 0.3) is 10.9 Å². The van der Waals surface area contributed by atoms with Crippen LogP contribution in [0, 0.1) is 0 Å². The Kier molecular flexibility index (Phi) is 5.48. The third-order valence-corrected chi connectivity index (χ3v) is 6.66. The molecule has 0 aliphatic heterocycles. The van der Waals surface area contributed by atoms with Gasteiger partial charge in [0.15, 0.2) is 0 Å². The predicted molar refractivity (Wildman–Crippen MR) is 116 cm³/mol. The van der Waals surface area contributed by atoms with Gasteiger partial charge in [-0.3, -0.25) is 4.98 Å². The molecule has 7 nitrogen and oxygen atoms in total. The van der Waals surface area contributed by atoms with E-state index in [9.17, 15) is 13.2 Å². The van der Waals surface area contributed by atoms with Crippen molar-refractivity contribution in [3.8, 4) is 5.75 Å². The first-order chi connectivity index (χ1) is 14.9. The zero-order valence-corrected chi connectivity index (χ0v) is 17.8. The van der Waals surface area contributed by atoms with Crippen molar-refractivity contribution in [2.45, 2.75) is 11.3 Å². The predicted octanol–water partition coefficient (Wildman–Crippen LogP) is 3.66. The molecule has 0 aliphatic rings. The zero-order valence-electron chi connectivity index (χ0n) is 17.0. The normalized spacial score (nSPS) is 11.4. The number of aromatic nitrogens is 2. The first kappa shape index (κ1) is 20.6. The van der Waals surface area contributed by atoms with E-state index >= 15 is 0 Å². The van der Waals surface area contributed by atoms with Crippen molar-refractivity contribution in [1.29, 1.82) is 0 Å². The van der Waals surface area contributed by atoms with E-state index in [1.807, 2.05) is 30.3 Å². The van der Waals surface area contributed by atoms with Gasteiger partial charge in [-0.25, -0.2) is 17.2 Å². The maximum absolute atomic E-state index is 13.3. The van der Waals surface area contributed by atoms with Gasteiger partial charge in [0.25, 0.3) is 10.0 Å². The van der Waals surface area contributed by atoms with Gasteiger partial charge in [-0.15, -0.1) is 0 Å². The first-order valence-electron chi connectivity index (χ1n) is 9.45. The highest BCUT2D eigenvalue weighted by Crippen LogP contribution is 2.28. The molecule has 0 spiro atoms. The summed E-state index contributed by atoms with van der Waals surface area (Å²) >= 11 is 0. The molecular formula is C23H20N2O5S. The molecule has 0 saturated heterocycles. The maximum atomic E-state index is 13.3. The van der Waals surface area contributed by atoms with Gasteiger partial charge in [0.1, 0.15) is 10.6 Å². The molecule has 158 valence electrons. The topological polar surface area (TPSA) is 87.5 Å². The molecule has 8 heteroatoms. The van der Waals surface area contributed by atoms with Gasteiger partial charge < -0.3 is 9.47 Å². The lowest BCUT2D eigenvalue weighted by Gasteiger charge is -2.09. The zero-order chi connectivity index (χ0) is 22.0. The molecule has 0 radical (unpaired) electrons. The Labute approximate surface area is 179 Å². The number of nitrogens with zero attached hydrogens (tertiary/aromatic N) is 2. The van der Waals surface area contributed by atoms with Gasteiger partial charge in [-0.1, -0.05) is 24.3 Å². The molecule has 0 bridgehead atoms. The van der Waals surface area contributed by atoms with Crippen LogP contribution in [-0.2, 0) is 21.2 Å². The number of pyridine rings is 1. The summed E-state index contributed by atoms with van der Waals surface area (Å²) in [6.07, 6.45) is 4.67. The van der Waals surface area contributed by atoms with E-state index < -0.39 is 16.0 Å². The number of benzene rings is 2. The SMILES string of the molecule is COC(=O)c1cn(S(=O)(=O)c2cccnc2)c2cc(Cc3ccc(OC)cc3)ccc12. The molecule has 31 heavy (non-hydrogen) atoms. The fourth-order valence-corrected chi connectivity index (χ4v) is 4.74. The summed E-state index contributed by atoms with van der Waals surface area (Å²) in [6, 6.07) is 16.1. The van der Waals surface area contributed by atoms with Crippen molar-refractivity contribution in [3.63, 3.8) is 0 Å². The van der Waals surface area contributed by atoms with Crippen molar-refractivity contribution < 1.29 is 22.7 Å². The minimum Gasteiger partial charge on any atom is -0.497 e. The minimum atomic E-state index is -3.96. The van der Waals surface area contributed by atoms with Crippen LogP contribution in [0.4, 0.5) is 0 Å². The van der Waals surface area contributed by atoms with Crippen LogP contribution in [0.1, 0.15) is 21.5 Å². The van der Waals surface area contributed by atoms with Crippen molar-refractivity contribution >= 4 is 26.9 Å². The molecule has 4 rings (SSSR count). The number of rotatable bonds is 6. The number of hydrogen-bond acceptors (Lipinski definition) is 6. The Morgan fingerprint density at radius 2 is 1.77 bits per heavy atom. The number of esters is 1. The van der Waals surface area contributed by atoms with Crippen LogP contribution in [0.2, 0.25) is 0 Å². The standard InChI is InChI=1S/C23H20N2O5S/c1-29-18-8-5-16(6-9-18)12-17-7-10-20-21(23(26)30-2)15-25(22(20)13-17)31(27,28)19-4-3-11-24-14-19/h3-11,13-15H,12H2,1-2H3. The van der Waals surface area contributed by atoms with Crippen molar-refractivity contribution in [2.75, 3.05) is 14.2 Å². The lowest BCUT2D eigenvalue weighted by molar-refractivity contribution is 0.0603. The second-order valence-corrected chi connectivity index (χ2v) is 8.72. The largest absolute Gasteiger partial charge is 0.497 e. The van der Waals surface area contributed by atoms with Gasteiger partial charge >= 0.3 is 5.97 Å². The maximum Gasteiger partial charge on any atom is 0.340 e. The van der Waals surface area contributed by atoms with E-state index in [1.165, 1.54) is 31.8 Å². The highest BCUT2D eigenvalue weighted by molar-refractivity contribution is 7.90. The van der Waals surface area contributed by atoms with Crippen molar-refractivity contribution in [3.05, 3.63) is 89.9 Å². The van der Waals surface area contributed by atoms with E-state index in [-0.39, 0.29) is 10.5 Å². The number of carbonyl (C=O) groups excluding carboxylic acids is 1. The fourth-order valence-electron chi connectivity index (χ4n) is 3.42. The summed E-state index contributed by atoms with van der Waals surface area (Å²) in [7, 11) is -1.08. The Morgan fingerprint density at radius 3 is 2.42 bits per heavy atom. The summed E-state index contributed by atoms with van der Waals surface area (Å²) in [5, 5.41) is 0.498. The average molecular weight is 436 g/mol. The second-order valence-electron chi connectivity index (χ2n) is 6.90. The van der Waals surface area contributed by atoms with E-state index in [0.717, 1.165) is 20.8 Å². The van der Waals surface area contributed by atoms with E-state index in [0.29, 0.717) is 17.3 Å². The fraction of sp³-hybridized carbons (Fsp3) is 0.130. The summed E-state index contributed by atoms with van der Waals surface area (Å²) in [4.78, 5) is 16.2. The quantitative estimate of drug-likeness (QED) is 0.429. The van der Waals surface area contributed by atoms with Crippen LogP contribution in [0.15, 0.2) is 78.1 Å². The molecule has 4 aromatic rings. The number of ether oxygens (including phenoxy) is 2. The monoisotopic (exact) mass is 436 g/mol. The highest BCUT2D eigenvalue weighted by Gasteiger charge is 2.24. The second kappa shape index (κ2) is 8.23. The van der Waals surface area contributed by atoms with Crippen LogP contribution in [-0.4, -0.2) is 37.6 Å². The lowest BCUT2D eigenvalue weighted by atomic mass is 10.0. The van der Waals surface area contributed by atoms with Gasteiger partial charge in [-0.05, 0) is 47.9 Å². The Balaban J connectivity index is 1.84. The van der Waals surface area contributed by atoms with Gasteiger partial charge in [0, 0.05) is 24.0 Å². The summed E-state index contributed by atoms with van der Waals surface area (Å²) in [6.45, 7) is 0. The number of methoxy groups -OCH3 is 2. The molecule has 2 aromatic carbocycles. The molecule has 0 saturated carbocycles. The molecule has 0 N–H and O–H groups in total. The van der Waals surface area contributed by atoms with Gasteiger partial charge in [0.2, 0.25) is 0 Å². The minimum absolute atomic E-state index is 0.0314. The van der Waals surface area contributed by atoms with Crippen LogP contribution < -0.4 is 4.74 Å². The molecule has 0 amide bonds. The smallest absolute Gasteiger partial charge is 0.340 e. The molecule has 2 heterocycles. The molecule has 0 fully saturated rings. The highest BCUT2D eigenvalue weighted by atomic mass is 32.2. The summed E-state index contributed by atoms with van der Waals surface area (Å²) in [5.74, 6) is 0.159. The van der Waals surface area contributed by atoms with E-state index in [1.54, 1.807) is 25.3 Å². The molecular weight excluding hydrogens is 416 g/mol. The Morgan fingerprint density at radius 1 is 1.03 bits per heavy atom. The van der Waals surface area contributed by atoms with Crippen LogP contribution >= 0.6 is 0 Å². The van der Waals surface area contributed by atoms with Gasteiger partial charge in [0.05, 0.1) is 25.3 Å². The van der Waals surface area contributed by atoms with Crippen LogP contribution in [0.3, 0.4) is 0 Å². The third kappa shape index (κ3) is 3.89. The van der Waals surface area contributed by atoms with E-state index in [4.69, 9.17) is 9.47 Å².